The van der Waals surface area contributed by atoms with Crippen molar-refractivity contribution in [3.05, 3.63) is 59.9 Å². The van der Waals surface area contributed by atoms with Gasteiger partial charge in [-0.25, -0.2) is 4.39 Å². The number of benzene rings is 2. The number of ether oxygens (including phenoxy) is 1. The number of anilines is 1. The standard InChI is InChI=1S/C20H19FN4O3S/c1-12(13-6-8-14(21)9-7-13)24-25-20-23-18(26)11-17(29-20)19(27)22-15-4-3-5-16(10-15)28-2/h3-10,17H,11H2,1-2H3,(H,22,27)(H,23,25,26)/b24-12-. The minimum absolute atomic E-state index is 0.0279. The number of nitrogens with zero attached hydrogens (tertiary/aromatic N) is 2. The summed E-state index contributed by atoms with van der Waals surface area (Å²) in [4.78, 5) is 24.6. The molecule has 2 aromatic rings. The summed E-state index contributed by atoms with van der Waals surface area (Å²) in [5, 5.41) is 13.1. The highest BCUT2D eigenvalue weighted by Gasteiger charge is 2.30. The Morgan fingerprint density at radius 2 is 2.03 bits per heavy atom. The largest absolute Gasteiger partial charge is 0.497 e. The molecule has 1 heterocycles. The maximum atomic E-state index is 13.0. The molecule has 0 bridgehead atoms. The van der Waals surface area contributed by atoms with Gasteiger partial charge >= 0.3 is 0 Å². The van der Waals surface area contributed by atoms with Crippen molar-refractivity contribution >= 4 is 40.1 Å². The average molecular weight is 414 g/mol. The van der Waals surface area contributed by atoms with E-state index in [1.165, 1.54) is 12.1 Å². The number of amidine groups is 1. The second-order valence-corrected chi connectivity index (χ2v) is 7.37. The number of amides is 2. The highest BCUT2D eigenvalue weighted by Crippen LogP contribution is 2.24. The van der Waals surface area contributed by atoms with Crippen molar-refractivity contribution in [3.8, 4) is 5.75 Å². The molecular weight excluding hydrogens is 395 g/mol. The fraction of sp³-hybridized carbons (Fsp3) is 0.200. The Balaban J connectivity index is 1.69. The minimum Gasteiger partial charge on any atom is -0.497 e. The summed E-state index contributed by atoms with van der Waals surface area (Å²) < 4.78 is 18.2. The second kappa shape index (κ2) is 9.33. The van der Waals surface area contributed by atoms with E-state index in [2.05, 4.69) is 20.8 Å². The molecule has 3 rings (SSSR count). The predicted molar refractivity (Wildman–Crippen MR) is 112 cm³/mol. The van der Waals surface area contributed by atoms with E-state index in [9.17, 15) is 14.0 Å². The van der Waals surface area contributed by atoms with Gasteiger partial charge in [0.05, 0.1) is 12.8 Å². The van der Waals surface area contributed by atoms with E-state index in [0.29, 0.717) is 22.7 Å². The lowest BCUT2D eigenvalue weighted by Crippen LogP contribution is -2.41. The Morgan fingerprint density at radius 3 is 2.76 bits per heavy atom. The van der Waals surface area contributed by atoms with Crippen LogP contribution in [0.15, 0.2) is 58.7 Å². The van der Waals surface area contributed by atoms with E-state index in [0.717, 1.165) is 11.8 Å². The van der Waals surface area contributed by atoms with Crippen molar-refractivity contribution in [1.29, 1.82) is 0 Å². The number of thioether (sulfide) groups is 1. The molecule has 1 aliphatic heterocycles. The Kier molecular flexibility index (Phi) is 6.61. The van der Waals surface area contributed by atoms with E-state index >= 15 is 0 Å². The van der Waals surface area contributed by atoms with Crippen LogP contribution in [0.3, 0.4) is 0 Å². The number of hydrogen-bond acceptors (Lipinski definition) is 6. The summed E-state index contributed by atoms with van der Waals surface area (Å²) >= 11 is 1.12. The van der Waals surface area contributed by atoms with Gasteiger partial charge in [-0.2, -0.15) is 5.10 Å². The van der Waals surface area contributed by atoms with E-state index in [-0.39, 0.29) is 29.2 Å². The summed E-state index contributed by atoms with van der Waals surface area (Å²) in [7, 11) is 1.54. The zero-order valence-corrected chi connectivity index (χ0v) is 16.6. The number of nitrogens with one attached hydrogen (secondary N) is 2. The van der Waals surface area contributed by atoms with Gasteiger partial charge in [0.15, 0.2) is 5.17 Å². The van der Waals surface area contributed by atoms with E-state index in [4.69, 9.17) is 4.74 Å². The van der Waals surface area contributed by atoms with Crippen LogP contribution < -0.4 is 15.4 Å². The number of hydrogen-bond donors (Lipinski definition) is 2. The van der Waals surface area contributed by atoms with Crippen LogP contribution in [0.2, 0.25) is 0 Å². The van der Waals surface area contributed by atoms with Crippen LogP contribution in [0.1, 0.15) is 18.9 Å². The van der Waals surface area contributed by atoms with Gasteiger partial charge in [0.25, 0.3) is 0 Å². The van der Waals surface area contributed by atoms with Gasteiger partial charge in [0.1, 0.15) is 16.8 Å². The van der Waals surface area contributed by atoms with Crippen molar-refractivity contribution in [3.63, 3.8) is 0 Å². The van der Waals surface area contributed by atoms with Gasteiger partial charge in [-0.05, 0) is 36.8 Å². The maximum absolute atomic E-state index is 13.0. The molecule has 0 spiro atoms. The number of carbonyl (C=O) groups is 2. The molecule has 0 radical (unpaired) electrons. The Bertz CT molecular complexity index is 976. The lowest BCUT2D eigenvalue weighted by atomic mass is 10.1. The Labute approximate surface area is 171 Å². The van der Waals surface area contributed by atoms with Crippen LogP contribution in [-0.4, -0.2) is 35.1 Å². The third-order valence-electron chi connectivity index (χ3n) is 4.05. The minimum atomic E-state index is -0.643. The molecule has 2 aromatic carbocycles. The topological polar surface area (TPSA) is 92.1 Å². The number of halogens is 1. The van der Waals surface area contributed by atoms with Gasteiger partial charge in [0.2, 0.25) is 11.8 Å². The molecule has 0 saturated carbocycles. The zero-order valence-electron chi connectivity index (χ0n) is 15.8. The van der Waals surface area contributed by atoms with Crippen molar-refractivity contribution < 1.29 is 18.7 Å². The first-order valence-corrected chi connectivity index (χ1v) is 9.62. The number of methoxy groups -OCH3 is 1. The van der Waals surface area contributed by atoms with Gasteiger partial charge in [0, 0.05) is 18.2 Å². The summed E-state index contributed by atoms with van der Waals surface area (Å²) in [5.74, 6) is -0.356. The summed E-state index contributed by atoms with van der Waals surface area (Å²) in [6.07, 6.45) is 0.0279. The smallest absolute Gasteiger partial charge is 0.238 e. The Morgan fingerprint density at radius 1 is 1.28 bits per heavy atom. The van der Waals surface area contributed by atoms with Crippen LogP contribution in [0.4, 0.5) is 10.1 Å². The summed E-state index contributed by atoms with van der Waals surface area (Å²) in [6.45, 7) is 1.72. The molecule has 29 heavy (non-hydrogen) atoms. The molecule has 9 heteroatoms. The normalized spacial score (nSPS) is 18.3. The van der Waals surface area contributed by atoms with Crippen molar-refractivity contribution in [2.45, 2.75) is 18.6 Å². The SMILES string of the molecule is COc1cccc(NC(=O)C2CC(=O)N/C(=N\N=C(\C)c3ccc(F)cc3)S2)c1. The first-order valence-electron chi connectivity index (χ1n) is 8.74. The summed E-state index contributed by atoms with van der Waals surface area (Å²) in [5.41, 5.74) is 1.83. The molecule has 1 atom stereocenters. The zero-order chi connectivity index (χ0) is 20.8. The molecule has 1 aliphatic rings. The molecule has 0 aliphatic carbocycles. The molecule has 7 nitrogen and oxygen atoms in total. The fourth-order valence-corrected chi connectivity index (χ4v) is 3.46. The molecule has 0 aromatic heterocycles. The fourth-order valence-electron chi connectivity index (χ4n) is 2.53. The van der Waals surface area contributed by atoms with Crippen LogP contribution in [0.25, 0.3) is 0 Å². The molecule has 2 amide bonds. The molecule has 1 saturated heterocycles. The summed E-state index contributed by atoms with van der Waals surface area (Å²) in [6, 6.07) is 12.8. The number of rotatable bonds is 5. The van der Waals surface area contributed by atoms with Crippen LogP contribution in [0, 0.1) is 5.82 Å². The molecule has 1 unspecified atom stereocenters. The predicted octanol–water partition coefficient (Wildman–Crippen LogP) is 3.17. The maximum Gasteiger partial charge on any atom is 0.238 e. The van der Waals surface area contributed by atoms with Crippen LogP contribution in [-0.2, 0) is 9.59 Å². The monoisotopic (exact) mass is 414 g/mol. The van der Waals surface area contributed by atoms with Gasteiger partial charge < -0.3 is 15.4 Å². The molecule has 1 fully saturated rings. The van der Waals surface area contributed by atoms with Crippen LogP contribution >= 0.6 is 11.8 Å². The highest BCUT2D eigenvalue weighted by molar-refractivity contribution is 8.15. The third-order valence-corrected chi connectivity index (χ3v) is 5.13. The van der Waals surface area contributed by atoms with Gasteiger partial charge in [-0.1, -0.05) is 30.0 Å². The van der Waals surface area contributed by atoms with Crippen molar-refractivity contribution in [2.24, 2.45) is 10.2 Å². The first kappa shape index (κ1) is 20.5. The van der Waals surface area contributed by atoms with Gasteiger partial charge in [-0.15, -0.1) is 5.10 Å². The highest BCUT2D eigenvalue weighted by atomic mass is 32.2. The van der Waals surface area contributed by atoms with E-state index < -0.39 is 5.25 Å². The Hall–Kier alpha value is -3.20. The molecular formula is C20H19FN4O3S. The quantitative estimate of drug-likeness (QED) is 0.581. The molecule has 2 N–H and O–H groups in total. The van der Waals surface area contributed by atoms with Crippen molar-refractivity contribution in [1.82, 2.24) is 5.32 Å². The van der Waals surface area contributed by atoms with E-state index in [1.54, 1.807) is 50.4 Å². The third kappa shape index (κ3) is 5.64. The number of carbonyl (C=O) groups excluding carboxylic acids is 2. The van der Waals surface area contributed by atoms with Crippen LogP contribution in [0.5, 0.6) is 5.75 Å². The average Bonchev–Trinajstić information content (AvgIpc) is 2.72. The first-order chi connectivity index (χ1) is 13.9. The van der Waals surface area contributed by atoms with Crippen molar-refractivity contribution in [2.75, 3.05) is 12.4 Å². The lowest BCUT2D eigenvalue weighted by molar-refractivity contribution is -0.123. The second-order valence-electron chi connectivity index (χ2n) is 6.18. The lowest BCUT2D eigenvalue weighted by Gasteiger charge is -2.21. The van der Waals surface area contributed by atoms with E-state index in [1.807, 2.05) is 0 Å². The van der Waals surface area contributed by atoms with Gasteiger partial charge in [-0.3, -0.25) is 9.59 Å². The molecule has 150 valence electrons.